The molecule has 3 saturated carbocycles. The highest BCUT2D eigenvalue weighted by molar-refractivity contribution is 5.91. The lowest BCUT2D eigenvalue weighted by atomic mass is 9.49. The van der Waals surface area contributed by atoms with E-state index in [2.05, 4.69) is 19.4 Å². The van der Waals surface area contributed by atoms with Crippen LogP contribution in [0.5, 0.6) is 0 Å². The third-order valence-corrected chi connectivity index (χ3v) is 7.59. The predicted octanol–water partition coefficient (Wildman–Crippen LogP) is 3.66. The standard InChI is InChI=1S/C21H26O2/c1-4-21(23)10-9-18-17-7-5-14-11-15(22)6-8-16(14)19(17)13(2)12-20(18,21)3/h1,11,16-19,23H,2,5-10,12H2,3H3/t16-,17-,18+,19-,20-,21?/m0/s1. The first kappa shape index (κ1) is 15.2. The van der Waals surface area contributed by atoms with E-state index in [-0.39, 0.29) is 5.41 Å². The summed E-state index contributed by atoms with van der Waals surface area (Å²) in [6.45, 7) is 6.60. The summed E-state index contributed by atoms with van der Waals surface area (Å²) in [5.41, 5.74) is 1.40. The molecule has 122 valence electrons. The quantitative estimate of drug-likeness (QED) is 0.548. The molecule has 4 rings (SSSR count). The van der Waals surface area contributed by atoms with Crippen LogP contribution < -0.4 is 0 Å². The SMILES string of the molecule is C#CC1(O)CC[C@@H]2[C@@H]3CCC4=CC(=O)CC[C@@H]4[C@@H]3C(=C)C[C@@]21C. The number of hydrogen-bond donors (Lipinski definition) is 1. The van der Waals surface area contributed by atoms with Gasteiger partial charge in [0.2, 0.25) is 0 Å². The van der Waals surface area contributed by atoms with Gasteiger partial charge in [0.1, 0.15) is 5.60 Å². The zero-order chi connectivity index (χ0) is 16.4. The highest BCUT2D eigenvalue weighted by Crippen LogP contribution is 2.65. The second-order valence-corrected chi connectivity index (χ2v) is 8.46. The maximum Gasteiger partial charge on any atom is 0.155 e. The average Bonchev–Trinajstić information content (AvgIpc) is 2.78. The van der Waals surface area contributed by atoms with Gasteiger partial charge in [0.15, 0.2) is 5.78 Å². The molecule has 0 heterocycles. The summed E-state index contributed by atoms with van der Waals surface area (Å²) in [6, 6.07) is 0. The van der Waals surface area contributed by atoms with Gasteiger partial charge in [0.25, 0.3) is 0 Å². The fourth-order valence-electron chi connectivity index (χ4n) is 6.45. The van der Waals surface area contributed by atoms with E-state index in [0.29, 0.717) is 42.3 Å². The van der Waals surface area contributed by atoms with Crippen LogP contribution >= 0.6 is 0 Å². The zero-order valence-corrected chi connectivity index (χ0v) is 14.0. The zero-order valence-electron chi connectivity index (χ0n) is 14.0. The fraction of sp³-hybridized carbons (Fsp3) is 0.667. The van der Waals surface area contributed by atoms with Crippen molar-refractivity contribution in [3.05, 3.63) is 23.8 Å². The Morgan fingerprint density at radius 1 is 1.35 bits per heavy atom. The lowest BCUT2D eigenvalue weighted by Crippen LogP contribution is -2.52. The van der Waals surface area contributed by atoms with Crippen molar-refractivity contribution in [3.8, 4) is 12.3 Å². The maximum absolute atomic E-state index is 11.8. The van der Waals surface area contributed by atoms with Crippen molar-refractivity contribution in [2.24, 2.45) is 29.1 Å². The predicted molar refractivity (Wildman–Crippen MR) is 90.4 cm³/mol. The van der Waals surface area contributed by atoms with Crippen LogP contribution in [0, 0.1) is 41.4 Å². The summed E-state index contributed by atoms with van der Waals surface area (Å²) < 4.78 is 0. The molecule has 23 heavy (non-hydrogen) atoms. The Labute approximate surface area is 139 Å². The number of aliphatic hydroxyl groups is 1. The molecule has 0 radical (unpaired) electrons. The Bertz CT molecular complexity index is 651. The lowest BCUT2D eigenvalue weighted by Gasteiger charge is -2.55. The third-order valence-electron chi connectivity index (χ3n) is 7.59. The summed E-state index contributed by atoms with van der Waals surface area (Å²) in [5, 5.41) is 11.0. The number of rotatable bonds is 0. The van der Waals surface area contributed by atoms with Crippen LogP contribution in [0.4, 0.5) is 0 Å². The van der Waals surface area contributed by atoms with Crippen molar-refractivity contribution < 1.29 is 9.90 Å². The second kappa shape index (κ2) is 4.84. The van der Waals surface area contributed by atoms with Crippen molar-refractivity contribution in [1.29, 1.82) is 0 Å². The van der Waals surface area contributed by atoms with Gasteiger partial charge in [-0.3, -0.25) is 4.79 Å². The van der Waals surface area contributed by atoms with Crippen molar-refractivity contribution >= 4 is 5.78 Å². The Morgan fingerprint density at radius 3 is 2.87 bits per heavy atom. The lowest BCUT2D eigenvalue weighted by molar-refractivity contribution is -0.116. The maximum atomic E-state index is 11.8. The molecular formula is C21H26O2. The molecule has 2 heteroatoms. The van der Waals surface area contributed by atoms with Gasteiger partial charge in [0.05, 0.1) is 0 Å². The minimum Gasteiger partial charge on any atom is -0.377 e. The summed E-state index contributed by atoms with van der Waals surface area (Å²) in [4.78, 5) is 11.8. The van der Waals surface area contributed by atoms with E-state index in [1.807, 2.05) is 6.08 Å². The molecule has 2 nitrogen and oxygen atoms in total. The number of hydrogen-bond acceptors (Lipinski definition) is 2. The van der Waals surface area contributed by atoms with Crippen LogP contribution in [0.15, 0.2) is 23.8 Å². The second-order valence-electron chi connectivity index (χ2n) is 8.46. The number of carbonyl (C=O) groups excluding carboxylic acids is 1. The molecule has 0 aromatic carbocycles. The Morgan fingerprint density at radius 2 is 2.13 bits per heavy atom. The average molecular weight is 310 g/mol. The molecule has 1 N–H and O–H groups in total. The van der Waals surface area contributed by atoms with E-state index in [0.717, 1.165) is 32.1 Å². The van der Waals surface area contributed by atoms with E-state index in [1.54, 1.807) is 0 Å². The normalized spacial score (nSPS) is 48.8. The largest absolute Gasteiger partial charge is 0.377 e. The highest BCUT2D eigenvalue weighted by atomic mass is 16.3. The fourth-order valence-corrected chi connectivity index (χ4v) is 6.45. The summed E-state index contributed by atoms with van der Waals surface area (Å²) in [7, 11) is 0. The highest BCUT2D eigenvalue weighted by Gasteiger charge is 2.62. The van der Waals surface area contributed by atoms with Gasteiger partial charge < -0.3 is 5.11 Å². The van der Waals surface area contributed by atoms with Gasteiger partial charge in [-0.25, -0.2) is 0 Å². The molecule has 0 aliphatic heterocycles. The number of fused-ring (bicyclic) bond motifs is 5. The van der Waals surface area contributed by atoms with E-state index in [9.17, 15) is 9.90 Å². The minimum atomic E-state index is -0.982. The minimum absolute atomic E-state index is 0.230. The Kier molecular flexibility index (Phi) is 3.20. The third kappa shape index (κ3) is 1.89. The summed E-state index contributed by atoms with van der Waals surface area (Å²) in [5.74, 6) is 5.05. The van der Waals surface area contributed by atoms with Crippen molar-refractivity contribution in [3.63, 3.8) is 0 Å². The molecule has 0 saturated heterocycles. The van der Waals surface area contributed by atoms with Crippen LogP contribution in [0.3, 0.4) is 0 Å². The van der Waals surface area contributed by atoms with Crippen LogP contribution in [-0.4, -0.2) is 16.5 Å². The van der Waals surface area contributed by atoms with Gasteiger partial charge in [0, 0.05) is 11.8 Å². The number of carbonyl (C=O) groups is 1. The van der Waals surface area contributed by atoms with E-state index in [1.165, 1.54) is 11.1 Å². The number of terminal acetylenes is 1. The smallest absolute Gasteiger partial charge is 0.155 e. The number of allylic oxidation sites excluding steroid dienone is 2. The Hall–Kier alpha value is -1.33. The molecule has 4 aliphatic rings. The van der Waals surface area contributed by atoms with E-state index in [4.69, 9.17) is 6.42 Å². The summed E-state index contributed by atoms with van der Waals surface area (Å²) >= 11 is 0. The molecule has 3 fully saturated rings. The van der Waals surface area contributed by atoms with E-state index >= 15 is 0 Å². The van der Waals surface area contributed by atoms with Crippen LogP contribution in [0.2, 0.25) is 0 Å². The molecule has 0 amide bonds. The van der Waals surface area contributed by atoms with Crippen molar-refractivity contribution in [1.82, 2.24) is 0 Å². The monoisotopic (exact) mass is 310 g/mol. The topological polar surface area (TPSA) is 37.3 Å². The van der Waals surface area contributed by atoms with Crippen LogP contribution in [-0.2, 0) is 4.79 Å². The van der Waals surface area contributed by atoms with E-state index < -0.39 is 5.60 Å². The molecule has 1 unspecified atom stereocenters. The summed E-state index contributed by atoms with van der Waals surface area (Å²) in [6.07, 6.45) is 14.0. The molecule has 0 aromatic heterocycles. The first-order valence-corrected chi connectivity index (χ1v) is 9.01. The van der Waals surface area contributed by atoms with Gasteiger partial charge in [-0.15, -0.1) is 6.42 Å². The number of ketones is 1. The van der Waals surface area contributed by atoms with Crippen molar-refractivity contribution in [2.45, 2.75) is 57.5 Å². The van der Waals surface area contributed by atoms with Crippen molar-refractivity contribution in [2.75, 3.05) is 0 Å². The molecule has 0 aromatic rings. The van der Waals surface area contributed by atoms with Crippen LogP contribution in [0.1, 0.15) is 51.9 Å². The molecule has 0 bridgehead atoms. The molecule has 0 spiro atoms. The molecule has 4 aliphatic carbocycles. The first-order chi connectivity index (χ1) is 10.9. The van der Waals surface area contributed by atoms with Gasteiger partial charge in [-0.1, -0.05) is 30.6 Å². The Balaban J connectivity index is 1.72. The van der Waals surface area contributed by atoms with Crippen LogP contribution in [0.25, 0.3) is 0 Å². The first-order valence-electron chi connectivity index (χ1n) is 9.01. The molecular weight excluding hydrogens is 284 g/mol. The molecule has 6 atom stereocenters. The van der Waals surface area contributed by atoms with Gasteiger partial charge in [-0.05, 0) is 68.3 Å². The van der Waals surface area contributed by atoms with Gasteiger partial charge >= 0.3 is 0 Å². The van der Waals surface area contributed by atoms with Gasteiger partial charge in [-0.2, -0.15) is 0 Å².